The minimum Gasteiger partial charge on any atom is -0.372 e. The number of nitrogens with one attached hydrogen (secondary N) is 1. The maximum absolute atomic E-state index is 12.2. The predicted octanol–water partition coefficient (Wildman–Crippen LogP) is 4.77. The van der Waals surface area contributed by atoms with Gasteiger partial charge in [0, 0.05) is 30.3 Å². The van der Waals surface area contributed by atoms with Crippen molar-refractivity contribution < 1.29 is 4.79 Å². The molecule has 2 aromatic rings. The second-order valence-electron chi connectivity index (χ2n) is 5.15. The highest BCUT2D eigenvalue weighted by Crippen LogP contribution is 2.21. The van der Waals surface area contributed by atoms with Crippen LogP contribution in [-0.4, -0.2) is 19.0 Å². The quantitative estimate of drug-likeness (QED) is 0.813. The third-order valence-corrected chi connectivity index (χ3v) is 4.24. The molecule has 0 bridgehead atoms. The van der Waals surface area contributed by atoms with Crippen LogP contribution in [0.15, 0.2) is 42.5 Å². The maximum atomic E-state index is 12.2. The van der Waals surface area contributed by atoms with E-state index >= 15 is 0 Å². The highest BCUT2D eigenvalue weighted by molar-refractivity contribution is 6.36. The second-order valence-corrected chi connectivity index (χ2v) is 5.99. The summed E-state index contributed by atoms with van der Waals surface area (Å²) in [6, 6.07) is 13.0. The van der Waals surface area contributed by atoms with Crippen molar-refractivity contribution in [3.63, 3.8) is 0 Å². The molecule has 0 heterocycles. The lowest BCUT2D eigenvalue weighted by molar-refractivity contribution is 0.0951. The van der Waals surface area contributed by atoms with E-state index in [1.807, 2.05) is 12.1 Å². The van der Waals surface area contributed by atoms with Gasteiger partial charge in [0.2, 0.25) is 0 Å². The van der Waals surface area contributed by atoms with Gasteiger partial charge in [0.1, 0.15) is 0 Å². The minimum atomic E-state index is -0.209. The van der Waals surface area contributed by atoms with Crippen LogP contribution in [0.25, 0.3) is 0 Å². The van der Waals surface area contributed by atoms with E-state index in [1.165, 1.54) is 5.69 Å². The molecule has 0 spiro atoms. The summed E-state index contributed by atoms with van der Waals surface area (Å²) < 4.78 is 0. The fourth-order valence-corrected chi connectivity index (χ4v) is 2.86. The lowest BCUT2D eigenvalue weighted by Gasteiger charge is -2.21. The molecule has 0 aliphatic rings. The van der Waals surface area contributed by atoms with E-state index in [4.69, 9.17) is 23.2 Å². The van der Waals surface area contributed by atoms with Crippen LogP contribution in [0.3, 0.4) is 0 Å². The highest BCUT2D eigenvalue weighted by atomic mass is 35.5. The van der Waals surface area contributed by atoms with E-state index < -0.39 is 0 Å². The Bertz CT molecular complexity index is 667. The van der Waals surface area contributed by atoms with E-state index in [-0.39, 0.29) is 5.91 Å². The molecule has 2 rings (SSSR count). The molecule has 5 heteroatoms. The number of benzene rings is 2. The number of halogens is 2. The fraction of sp³-hybridized carbons (Fsp3) is 0.278. The monoisotopic (exact) mass is 350 g/mol. The number of carbonyl (C=O) groups is 1. The molecule has 1 N–H and O–H groups in total. The van der Waals surface area contributed by atoms with Crippen molar-refractivity contribution in [3.05, 3.63) is 63.6 Å². The summed E-state index contributed by atoms with van der Waals surface area (Å²) in [5, 5.41) is 3.74. The standard InChI is InChI=1S/C18H20Cl2N2O/c1-3-22(4-2)15-8-5-13(6-9-15)12-21-18(23)16-10-7-14(19)11-17(16)20/h5-11H,3-4,12H2,1-2H3,(H,21,23). The van der Waals surface area contributed by atoms with Crippen LogP contribution in [0.1, 0.15) is 29.8 Å². The molecule has 122 valence electrons. The van der Waals surface area contributed by atoms with Crippen LogP contribution < -0.4 is 10.2 Å². The van der Waals surface area contributed by atoms with Crippen molar-refractivity contribution >= 4 is 34.8 Å². The van der Waals surface area contributed by atoms with E-state index in [1.54, 1.807) is 18.2 Å². The van der Waals surface area contributed by atoms with Gasteiger partial charge in [0.05, 0.1) is 10.6 Å². The molecule has 0 fully saturated rings. The molecule has 23 heavy (non-hydrogen) atoms. The van der Waals surface area contributed by atoms with Gasteiger partial charge in [-0.2, -0.15) is 0 Å². The molecule has 0 radical (unpaired) electrons. The fourth-order valence-electron chi connectivity index (χ4n) is 2.36. The molecule has 1 amide bonds. The number of anilines is 1. The van der Waals surface area contributed by atoms with Crippen LogP contribution in [0, 0.1) is 0 Å². The lowest BCUT2D eigenvalue weighted by atomic mass is 10.1. The van der Waals surface area contributed by atoms with Crippen molar-refractivity contribution in [2.45, 2.75) is 20.4 Å². The Hall–Kier alpha value is -1.71. The molecule has 0 aliphatic heterocycles. The van der Waals surface area contributed by atoms with E-state index in [2.05, 4.69) is 36.2 Å². The van der Waals surface area contributed by atoms with Crippen LogP contribution in [0.5, 0.6) is 0 Å². The van der Waals surface area contributed by atoms with Crippen LogP contribution in [-0.2, 0) is 6.54 Å². The third kappa shape index (κ3) is 4.63. The van der Waals surface area contributed by atoms with Crippen LogP contribution in [0.4, 0.5) is 5.69 Å². The smallest absolute Gasteiger partial charge is 0.253 e. The van der Waals surface area contributed by atoms with E-state index in [0.717, 1.165) is 18.7 Å². The van der Waals surface area contributed by atoms with Gasteiger partial charge in [0.15, 0.2) is 0 Å². The van der Waals surface area contributed by atoms with Crippen LogP contribution in [0.2, 0.25) is 10.0 Å². The summed E-state index contributed by atoms with van der Waals surface area (Å²) in [5.74, 6) is -0.209. The number of rotatable bonds is 6. The zero-order valence-electron chi connectivity index (χ0n) is 13.3. The molecule has 0 atom stereocenters. The average molecular weight is 351 g/mol. The Kier molecular flexibility index (Phi) is 6.31. The summed E-state index contributed by atoms with van der Waals surface area (Å²) >= 11 is 11.9. The molecular weight excluding hydrogens is 331 g/mol. The van der Waals surface area contributed by atoms with Crippen molar-refractivity contribution in [1.82, 2.24) is 5.32 Å². The van der Waals surface area contributed by atoms with Gasteiger partial charge in [-0.05, 0) is 49.7 Å². The number of hydrogen-bond donors (Lipinski definition) is 1. The number of amides is 1. The molecule has 0 aliphatic carbocycles. The molecule has 0 saturated heterocycles. The Morgan fingerprint density at radius 1 is 1.04 bits per heavy atom. The maximum Gasteiger partial charge on any atom is 0.253 e. The van der Waals surface area contributed by atoms with Gasteiger partial charge < -0.3 is 10.2 Å². The van der Waals surface area contributed by atoms with Gasteiger partial charge in [0.25, 0.3) is 5.91 Å². The molecule has 2 aromatic carbocycles. The predicted molar refractivity (Wildman–Crippen MR) is 97.6 cm³/mol. The summed E-state index contributed by atoms with van der Waals surface area (Å²) in [6.07, 6.45) is 0. The molecule has 0 saturated carbocycles. The van der Waals surface area contributed by atoms with Crippen molar-refractivity contribution in [2.75, 3.05) is 18.0 Å². The van der Waals surface area contributed by atoms with E-state index in [9.17, 15) is 4.79 Å². The molecule has 0 unspecified atom stereocenters. The van der Waals surface area contributed by atoms with Gasteiger partial charge in [-0.3, -0.25) is 4.79 Å². The summed E-state index contributed by atoms with van der Waals surface area (Å²) in [5.41, 5.74) is 2.65. The van der Waals surface area contributed by atoms with Crippen LogP contribution >= 0.6 is 23.2 Å². The van der Waals surface area contributed by atoms with E-state index in [0.29, 0.717) is 22.2 Å². The minimum absolute atomic E-state index is 0.209. The first kappa shape index (κ1) is 17.6. The van der Waals surface area contributed by atoms with Gasteiger partial charge in [-0.1, -0.05) is 35.3 Å². The number of hydrogen-bond acceptors (Lipinski definition) is 2. The summed E-state index contributed by atoms with van der Waals surface area (Å²) in [7, 11) is 0. The largest absolute Gasteiger partial charge is 0.372 e. The number of nitrogens with zero attached hydrogens (tertiary/aromatic N) is 1. The zero-order valence-corrected chi connectivity index (χ0v) is 14.8. The summed E-state index contributed by atoms with van der Waals surface area (Å²) in [6.45, 7) is 6.67. The first-order valence-corrected chi connectivity index (χ1v) is 8.37. The summed E-state index contributed by atoms with van der Waals surface area (Å²) in [4.78, 5) is 14.4. The van der Waals surface area contributed by atoms with Gasteiger partial charge in [-0.25, -0.2) is 0 Å². The van der Waals surface area contributed by atoms with Gasteiger partial charge in [-0.15, -0.1) is 0 Å². The van der Waals surface area contributed by atoms with Crippen molar-refractivity contribution in [3.8, 4) is 0 Å². The Labute approximate surface area is 147 Å². The lowest BCUT2D eigenvalue weighted by Crippen LogP contribution is -2.23. The Balaban J connectivity index is 1.99. The van der Waals surface area contributed by atoms with Crippen molar-refractivity contribution in [2.24, 2.45) is 0 Å². The average Bonchev–Trinajstić information content (AvgIpc) is 2.55. The third-order valence-electron chi connectivity index (χ3n) is 3.69. The first-order chi connectivity index (χ1) is 11.0. The molecule has 3 nitrogen and oxygen atoms in total. The Morgan fingerprint density at radius 2 is 1.70 bits per heavy atom. The highest BCUT2D eigenvalue weighted by Gasteiger charge is 2.10. The molecule has 0 aromatic heterocycles. The number of carbonyl (C=O) groups excluding carboxylic acids is 1. The molecular formula is C18H20Cl2N2O. The van der Waals surface area contributed by atoms with Crippen molar-refractivity contribution in [1.29, 1.82) is 0 Å². The normalized spacial score (nSPS) is 10.4. The topological polar surface area (TPSA) is 32.3 Å². The first-order valence-electron chi connectivity index (χ1n) is 7.62. The van der Waals surface area contributed by atoms with Gasteiger partial charge >= 0.3 is 0 Å². The SMILES string of the molecule is CCN(CC)c1ccc(CNC(=O)c2ccc(Cl)cc2Cl)cc1. The Morgan fingerprint density at radius 3 is 2.26 bits per heavy atom. The second kappa shape index (κ2) is 8.23. The zero-order chi connectivity index (χ0) is 16.8.